The molecule has 0 aliphatic rings. The Morgan fingerprint density at radius 3 is 2.71 bits per heavy atom. The van der Waals surface area contributed by atoms with Crippen molar-refractivity contribution in [1.29, 1.82) is 0 Å². The van der Waals surface area contributed by atoms with Gasteiger partial charge in [-0.3, -0.25) is 4.79 Å². The highest BCUT2D eigenvalue weighted by Crippen LogP contribution is 2.13. The van der Waals surface area contributed by atoms with Crippen LogP contribution in [0.4, 0.5) is 0 Å². The van der Waals surface area contributed by atoms with Crippen molar-refractivity contribution in [2.24, 2.45) is 0 Å². The summed E-state index contributed by atoms with van der Waals surface area (Å²) < 4.78 is 7.05. The fourth-order valence-corrected chi connectivity index (χ4v) is 2.20. The number of nitrogens with zero attached hydrogens (tertiary/aromatic N) is 4. The Bertz CT molecular complexity index is 800. The number of rotatable bonds is 6. The molecule has 1 amide bonds. The molecule has 24 heavy (non-hydrogen) atoms. The Morgan fingerprint density at radius 2 is 1.96 bits per heavy atom. The Balaban J connectivity index is 1.57. The summed E-state index contributed by atoms with van der Waals surface area (Å²) in [6, 6.07) is 14.9. The number of nitrogens with one attached hydrogen (secondary N) is 1. The normalized spacial score (nSPS) is 10.4. The molecule has 0 spiro atoms. The quantitative estimate of drug-likeness (QED) is 0.699. The zero-order valence-corrected chi connectivity index (χ0v) is 13.2. The average molecular weight is 323 g/mol. The van der Waals surface area contributed by atoms with Gasteiger partial charge in [0.05, 0.1) is 17.8 Å². The third-order valence-corrected chi connectivity index (χ3v) is 3.42. The van der Waals surface area contributed by atoms with Crippen LogP contribution in [0.5, 0.6) is 5.75 Å². The molecule has 0 bridgehead atoms. The molecule has 3 aromatic rings. The van der Waals surface area contributed by atoms with Crippen molar-refractivity contribution >= 4 is 5.91 Å². The van der Waals surface area contributed by atoms with E-state index in [4.69, 9.17) is 4.74 Å². The predicted octanol–water partition coefficient (Wildman–Crippen LogP) is 1.78. The summed E-state index contributed by atoms with van der Waals surface area (Å²) in [7, 11) is 0. The predicted molar refractivity (Wildman–Crippen MR) is 88.2 cm³/mol. The lowest BCUT2D eigenvalue weighted by Gasteiger charge is -2.10. The van der Waals surface area contributed by atoms with Crippen molar-refractivity contribution in [2.45, 2.75) is 6.92 Å². The molecule has 0 saturated heterocycles. The highest BCUT2D eigenvalue weighted by molar-refractivity contribution is 5.97. The maximum atomic E-state index is 12.4. The van der Waals surface area contributed by atoms with Gasteiger partial charge in [-0.25, -0.2) is 0 Å². The van der Waals surface area contributed by atoms with Gasteiger partial charge in [0.1, 0.15) is 18.7 Å². The molecular formula is C17H17N5O2. The number of benzene rings is 2. The molecule has 0 fully saturated rings. The van der Waals surface area contributed by atoms with Crippen LogP contribution < -0.4 is 10.1 Å². The van der Waals surface area contributed by atoms with Crippen molar-refractivity contribution in [3.63, 3.8) is 0 Å². The maximum Gasteiger partial charge on any atom is 0.253 e. The van der Waals surface area contributed by atoms with E-state index in [1.54, 1.807) is 18.2 Å². The summed E-state index contributed by atoms with van der Waals surface area (Å²) in [5.41, 5.74) is 2.30. The molecular weight excluding hydrogens is 306 g/mol. The van der Waals surface area contributed by atoms with Crippen molar-refractivity contribution in [3.8, 4) is 11.4 Å². The minimum atomic E-state index is -0.200. The largest absolute Gasteiger partial charge is 0.492 e. The molecule has 0 aliphatic heterocycles. The van der Waals surface area contributed by atoms with Crippen LogP contribution in [0.1, 0.15) is 15.9 Å². The van der Waals surface area contributed by atoms with Crippen LogP contribution in [0.3, 0.4) is 0 Å². The minimum Gasteiger partial charge on any atom is -0.492 e. The highest BCUT2D eigenvalue weighted by atomic mass is 16.5. The fraction of sp³-hybridized carbons (Fsp3) is 0.176. The molecule has 7 nitrogen and oxygen atoms in total. The van der Waals surface area contributed by atoms with Crippen LogP contribution in [0.25, 0.3) is 5.69 Å². The van der Waals surface area contributed by atoms with E-state index < -0.39 is 0 Å². The lowest BCUT2D eigenvalue weighted by atomic mass is 10.1. The first-order valence-electron chi connectivity index (χ1n) is 7.54. The Kier molecular flexibility index (Phi) is 4.81. The first-order valence-corrected chi connectivity index (χ1v) is 7.54. The second-order valence-corrected chi connectivity index (χ2v) is 5.19. The third-order valence-electron chi connectivity index (χ3n) is 3.42. The van der Waals surface area contributed by atoms with Crippen LogP contribution in [-0.2, 0) is 0 Å². The van der Waals surface area contributed by atoms with Crippen LogP contribution in [0.2, 0.25) is 0 Å². The molecule has 1 heterocycles. The maximum absolute atomic E-state index is 12.4. The van der Waals surface area contributed by atoms with E-state index in [9.17, 15) is 4.79 Å². The van der Waals surface area contributed by atoms with Gasteiger partial charge in [-0.15, -0.1) is 5.10 Å². The zero-order chi connectivity index (χ0) is 16.8. The van der Waals surface area contributed by atoms with E-state index in [0.717, 1.165) is 5.75 Å². The molecule has 0 radical (unpaired) electrons. The van der Waals surface area contributed by atoms with Gasteiger partial charge in [0.25, 0.3) is 5.91 Å². The summed E-state index contributed by atoms with van der Waals surface area (Å²) in [4.78, 5) is 12.4. The van der Waals surface area contributed by atoms with Gasteiger partial charge < -0.3 is 10.1 Å². The van der Waals surface area contributed by atoms with Gasteiger partial charge in [-0.05, 0) is 41.6 Å². The van der Waals surface area contributed by atoms with Crippen molar-refractivity contribution < 1.29 is 9.53 Å². The third kappa shape index (κ3) is 3.75. The van der Waals surface area contributed by atoms with Gasteiger partial charge in [0.2, 0.25) is 0 Å². The van der Waals surface area contributed by atoms with Gasteiger partial charge in [-0.2, -0.15) is 4.68 Å². The summed E-state index contributed by atoms with van der Waals surface area (Å²) in [6.45, 7) is 2.81. The SMILES string of the molecule is Cc1ccc(OCCNC(=O)c2ccccc2-n2cnnn2)cc1. The minimum absolute atomic E-state index is 0.200. The van der Waals surface area contributed by atoms with E-state index in [2.05, 4.69) is 20.8 Å². The standard InChI is InChI=1S/C17H17N5O2/c1-13-6-8-14(9-7-13)24-11-10-18-17(23)15-4-2-3-5-16(15)22-12-19-20-21-22/h2-9,12H,10-11H2,1H3,(H,18,23). The molecule has 1 aromatic heterocycles. The smallest absolute Gasteiger partial charge is 0.253 e. The number of amides is 1. The van der Waals surface area contributed by atoms with Crippen LogP contribution in [0, 0.1) is 6.92 Å². The number of carbonyl (C=O) groups excluding carboxylic acids is 1. The number of tetrazole rings is 1. The summed E-state index contributed by atoms with van der Waals surface area (Å²) >= 11 is 0. The molecule has 1 N–H and O–H groups in total. The molecule has 0 saturated carbocycles. The Labute approximate surface area is 139 Å². The van der Waals surface area contributed by atoms with Crippen molar-refractivity contribution in [2.75, 3.05) is 13.2 Å². The van der Waals surface area contributed by atoms with Gasteiger partial charge >= 0.3 is 0 Å². The molecule has 7 heteroatoms. The number of ether oxygens (including phenoxy) is 1. The lowest BCUT2D eigenvalue weighted by Crippen LogP contribution is -2.29. The Morgan fingerprint density at radius 1 is 1.17 bits per heavy atom. The van der Waals surface area contributed by atoms with E-state index in [1.807, 2.05) is 37.3 Å². The molecule has 2 aromatic carbocycles. The fourth-order valence-electron chi connectivity index (χ4n) is 2.20. The molecule has 0 unspecified atom stereocenters. The first kappa shape index (κ1) is 15.7. The second-order valence-electron chi connectivity index (χ2n) is 5.19. The summed E-state index contributed by atoms with van der Waals surface area (Å²) in [6.07, 6.45) is 1.45. The number of hydrogen-bond acceptors (Lipinski definition) is 5. The summed E-state index contributed by atoms with van der Waals surface area (Å²) in [5.74, 6) is 0.581. The number of aromatic nitrogens is 4. The lowest BCUT2D eigenvalue weighted by molar-refractivity contribution is 0.0947. The molecule has 0 atom stereocenters. The number of hydrogen-bond donors (Lipinski definition) is 1. The second kappa shape index (κ2) is 7.36. The van der Waals surface area contributed by atoms with Crippen LogP contribution in [0.15, 0.2) is 54.9 Å². The van der Waals surface area contributed by atoms with E-state index in [0.29, 0.717) is 24.4 Å². The molecule has 122 valence electrons. The Hall–Kier alpha value is -3.22. The van der Waals surface area contributed by atoms with E-state index in [-0.39, 0.29) is 5.91 Å². The monoisotopic (exact) mass is 323 g/mol. The van der Waals surface area contributed by atoms with E-state index in [1.165, 1.54) is 16.6 Å². The van der Waals surface area contributed by atoms with Crippen LogP contribution >= 0.6 is 0 Å². The number of para-hydroxylation sites is 1. The first-order chi connectivity index (χ1) is 11.7. The molecule has 0 aliphatic carbocycles. The summed E-state index contributed by atoms with van der Waals surface area (Å²) in [5, 5.41) is 13.9. The van der Waals surface area contributed by atoms with Crippen LogP contribution in [-0.4, -0.2) is 39.3 Å². The zero-order valence-electron chi connectivity index (χ0n) is 13.2. The number of aryl methyl sites for hydroxylation is 1. The number of carbonyl (C=O) groups is 1. The average Bonchev–Trinajstić information content (AvgIpc) is 3.14. The van der Waals surface area contributed by atoms with E-state index >= 15 is 0 Å². The molecule has 3 rings (SSSR count). The van der Waals surface area contributed by atoms with Crippen molar-refractivity contribution in [1.82, 2.24) is 25.5 Å². The van der Waals surface area contributed by atoms with Gasteiger partial charge in [0.15, 0.2) is 0 Å². The van der Waals surface area contributed by atoms with Crippen molar-refractivity contribution in [3.05, 3.63) is 66.0 Å². The van der Waals surface area contributed by atoms with Gasteiger partial charge in [0, 0.05) is 0 Å². The topological polar surface area (TPSA) is 81.9 Å². The highest BCUT2D eigenvalue weighted by Gasteiger charge is 2.12. The van der Waals surface area contributed by atoms with Gasteiger partial charge in [-0.1, -0.05) is 29.8 Å².